The predicted molar refractivity (Wildman–Crippen MR) is 32.1 cm³/mol. The minimum Gasteiger partial charge on any atom is -0.369 e. The van der Waals surface area contributed by atoms with Crippen molar-refractivity contribution in [2.45, 2.75) is 32.1 Å². The molecule has 0 aliphatic carbocycles. The van der Waals surface area contributed by atoms with Gasteiger partial charge in [0.25, 0.3) is 0 Å². The first-order chi connectivity index (χ1) is 5.38. The summed E-state index contributed by atoms with van der Waals surface area (Å²) in [6.07, 6.45) is -11.3. The first-order valence-electron chi connectivity index (χ1n) is 3.34. The van der Waals surface area contributed by atoms with Gasteiger partial charge in [0.1, 0.15) is 0 Å². The van der Waals surface area contributed by atoms with Crippen LogP contribution in [0.1, 0.15) is 13.3 Å². The third-order valence-electron chi connectivity index (χ3n) is 1.13. The molecule has 74 valence electrons. The number of halogens is 5. The van der Waals surface area contributed by atoms with E-state index in [0.29, 0.717) is 0 Å². The molecule has 0 aliphatic rings. The normalized spacial score (nSPS) is 15.2. The fourth-order valence-corrected chi connectivity index (χ4v) is 0.659. The highest BCUT2D eigenvalue weighted by molar-refractivity contribution is 4.68. The summed E-state index contributed by atoms with van der Waals surface area (Å²) in [5, 5.41) is 0. The molecule has 0 N–H and O–H groups in total. The van der Waals surface area contributed by atoms with Crippen LogP contribution in [0.15, 0.2) is 0 Å². The lowest BCUT2D eigenvalue weighted by Gasteiger charge is -2.19. The Bertz CT molecular complexity index is 122. The Hall–Kier alpha value is -0.390. The van der Waals surface area contributed by atoms with Crippen LogP contribution in [-0.4, -0.2) is 25.3 Å². The van der Waals surface area contributed by atoms with Crippen LogP contribution in [0.4, 0.5) is 22.0 Å². The fraction of sp³-hybridized carbons (Fsp3) is 1.00. The quantitative estimate of drug-likeness (QED) is 0.622. The molecule has 0 saturated heterocycles. The molecular weight excluding hydrogens is 183 g/mol. The summed E-state index contributed by atoms with van der Waals surface area (Å²) in [5.74, 6) is 0. The monoisotopic (exact) mass is 192 g/mol. The van der Waals surface area contributed by atoms with Gasteiger partial charge in [-0.3, -0.25) is 0 Å². The first-order valence-corrected chi connectivity index (χ1v) is 3.34. The molecule has 1 atom stereocenters. The maximum absolute atomic E-state index is 11.8. The smallest absolute Gasteiger partial charge is 0.369 e. The van der Waals surface area contributed by atoms with Crippen molar-refractivity contribution in [3.05, 3.63) is 0 Å². The van der Waals surface area contributed by atoms with Crippen molar-refractivity contribution in [1.29, 1.82) is 0 Å². The second-order valence-electron chi connectivity index (χ2n) is 2.11. The van der Waals surface area contributed by atoms with Gasteiger partial charge in [-0.2, -0.15) is 13.2 Å². The summed E-state index contributed by atoms with van der Waals surface area (Å²) in [6.45, 7) is 1.10. The minimum atomic E-state index is -4.70. The van der Waals surface area contributed by atoms with Gasteiger partial charge in [0.05, 0.1) is 0 Å². The van der Waals surface area contributed by atoms with E-state index < -0.39 is 25.1 Å². The van der Waals surface area contributed by atoms with Crippen molar-refractivity contribution >= 4 is 0 Å². The van der Waals surface area contributed by atoms with E-state index in [4.69, 9.17) is 0 Å². The lowest BCUT2D eigenvalue weighted by molar-refractivity contribution is -0.227. The Kier molecular flexibility index (Phi) is 4.44. The van der Waals surface area contributed by atoms with Gasteiger partial charge in [-0.1, -0.05) is 0 Å². The summed E-state index contributed by atoms with van der Waals surface area (Å²) in [4.78, 5) is 0. The maximum atomic E-state index is 11.8. The molecule has 0 spiro atoms. The Labute approximate surface area is 66.5 Å². The Morgan fingerprint density at radius 3 is 2.00 bits per heavy atom. The number of hydrogen-bond acceptors (Lipinski definition) is 1. The zero-order valence-electron chi connectivity index (χ0n) is 6.37. The molecule has 0 fully saturated rings. The van der Waals surface area contributed by atoms with Crippen molar-refractivity contribution in [3.8, 4) is 0 Å². The third kappa shape index (κ3) is 4.48. The van der Waals surface area contributed by atoms with E-state index >= 15 is 0 Å². The maximum Gasteiger partial charge on any atom is 0.414 e. The second-order valence-corrected chi connectivity index (χ2v) is 2.11. The molecule has 0 radical (unpaired) electrons. The topological polar surface area (TPSA) is 9.23 Å². The van der Waals surface area contributed by atoms with Gasteiger partial charge in [0, 0.05) is 13.0 Å². The van der Waals surface area contributed by atoms with Gasteiger partial charge < -0.3 is 4.74 Å². The van der Waals surface area contributed by atoms with E-state index in [0.717, 1.165) is 0 Å². The lowest BCUT2D eigenvalue weighted by Crippen LogP contribution is -2.33. The molecule has 6 heteroatoms. The Morgan fingerprint density at radius 2 is 1.75 bits per heavy atom. The molecule has 0 aromatic carbocycles. The van der Waals surface area contributed by atoms with Crippen molar-refractivity contribution in [1.82, 2.24) is 0 Å². The van der Waals surface area contributed by atoms with E-state index in [-0.39, 0.29) is 6.61 Å². The van der Waals surface area contributed by atoms with E-state index in [2.05, 4.69) is 4.74 Å². The summed E-state index contributed by atoms with van der Waals surface area (Å²) in [5.41, 5.74) is 0. The minimum absolute atomic E-state index is 0.225. The zero-order chi connectivity index (χ0) is 9.78. The van der Waals surface area contributed by atoms with E-state index in [1.807, 2.05) is 0 Å². The highest BCUT2D eigenvalue weighted by Gasteiger charge is 2.41. The lowest BCUT2D eigenvalue weighted by atomic mass is 10.2. The molecule has 0 saturated carbocycles. The van der Waals surface area contributed by atoms with E-state index in [1.165, 1.54) is 6.92 Å². The average Bonchev–Trinajstić information content (AvgIpc) is 1.83. The van der Waals surface area contributed by atoms with Crippen molar-refractivity contribution in [2.75, 3.05) is 6.61 Å². The van der Waals surface area contributed by atoms with Gasteiger partial charge in [-0.05, 0) is 6.92 Å². The van der Waals surface area contributed by atoms with E-state index in [1.54, 1.807) is 0 Å². The molecule has 1 nitrogen and oxygen atoms in total. The van der Waals surface area contributed by atoms with Crippen LogP contribution in [0, 0.1) is 0 Å². The Morgan fingerprint density at radius 1 is 1.25 bits per heavy atom. The number of hydrogen-bond donors (Lipinski definition) is 0. The highest BCUT2D eigenvalue weighted by Crippen LogP contribution is 2.27. The molecule has 0 aromatic rings. The first kappa shape index (κ1) is 11.6. The number of alkyl halides is 5. The molecule has 0 aliphatic heterocycles. The van der Waals surface area contributed by atoms with Crippen LogP contribution >= 0.6 is 0 Å². The van der Waals surface area contributed by atoms with Crippen LogP contribution in [0.3, 0.4) is 0 Å². The van der Waals surface area contributed by atoms with Gasteiger partial charge in [0.15, 0.2) is 6.10 Å². The van der Waals surface area contributed by atoms with Gasteiger partial charge in [-0.15, -0.1) is 0 Å². The van der Waals surface area contributed by atoms with E-state index in [9.17, 15) is 22.0 Å². The number of rotatable bonds is 4. The fourth-order valence-electron chi connectivity index (χ4n) is 0.659. The molecule has 0 bridgehead atoms. The van der Waals surface area contributed by atoms with Crippen LogP contribution in [0.25, 0.3) is 0 Å². The van der Waals surface area contributed by atoms with Crippen LogP contribution in [-0.2, 0) is 4.74 Å². The molecule has 1 unspecified atom stereocenters. The third-order valence-corrected chi connectivity index (χ3v) is 1.13. The van der Waals surface area contributed by atoms with Gasteiger partial charge in [-0.25, -0.2) is 8.78 Å². The molecule has 0 heterocycles. The molecule has 0 aromatic heterocycles. The molecule has 0 amide bonds. The van der Waals surface area contributed by atoms with Crippen molar-refractivity contribution in [2.24, 2.45) is 0 Å². The van der Waals surface area contributed by atoms with Crippen LogP contribution < -0.4 is 0 Å². The summed E-state index contributed by atoms with van der Waals surface area (Å²) >= 11 is 0. The average molecular weight is 192 g/mol. The summed E-state index contributed by atoms with van der Waals surface area (Å²) in [7, 11) is 0. The largest absolute Gasteiger partial charge is 0.414 e. The van der Waals surface area contributed by atoms with Crippen molar-refractivity contribution in [3.63, 3.8) is 0 Å². The standard InChI is InChI=1S/C6H9F5O/c1-2-12-4(3-5(7)8)6(9,10)11/h4-5H,2-3H2,1H3. The Balaban J connectivity index is 4.04. The molecule has 0 rings (SSSR count). The summed E-state index contributed by atoms with van der Waals surface area (Å²) in [6, 6.07) is 0. The molecular formula is C6H9F5O. The second kappa shape index (κ2) is 4.59. The zero-order valence-corrected chi connectivity index (χ0v) is 6.37. The molecule has 12 heavy (non-hydrogen) atoms. The van der Waals surface area contributed by atoms with Gasteiger partial charge >= 0.3 is 6.18 Å². The van der Waals surface area contributed by atoms with Crippen molar-refractivity contribution < 1.29 is 26.7 Å². The number of ether oxygens (including phenoxy) is 1. The van der Waals surface area contributed by atoms with Gasteiger partial charge in [0.2, 0.25) is 6.43 Å². The highest BCUT2D eigenvalue weighted by atomic mass is 19.4. The van der Waals surface area contributed by atoms with Crippen LogP contribution in [0.2, 0.25) is 0 Å². The SMILES string of the molecule is CCOC(CC(F)F)C(F)(F)F. The summed E-state index contributed by atoms with van der Waals surface area (Å²) < 4.78 is 62.7. The predicted octanol–water partition coefficient (Wildman–Crippen LogP) is 2.61. The van der Waals surface area contributed by atoms with Crippen LogP contribution in [0.5, 0.6) is 0 Å².